The Kier molecular flexibility index (Phi) is 5.85. The van der Waals surface area contributed by atoms with Crippen LogP contribution in [0, 0.1) is 0 Å². The summed E-state index contributed by atoms with van der Waals surface area (Å²) in [5.74, 6) is 0.0428. The van der Waals surface area contributed by atoms with Crippen LogP contribution in [0.2, 0.25) is 0 Å². The van der Waals surface area contributed by atoms with Gasteiger partial charge in [-0.15, -0.1) is 0 Å². The molecule has 0 fully saturated rings. The highest BCUT2D eigenvalue weighted by atomic mass is 79.9. The van der Waals surface area contributed by atoms with Crippen LogP contribution in [0.4, 0.5) is 0 Å². The van der Waals surface area contributed by atoms with Crippen LogP contribution >= 0.6 is 24.1 Å². The predicted octanol–water partition coefficient (Wildman–Crippen LogP) is 2.71. The molecular weight excluding hydrogens is 321 g/mol. The van der Waals surface area contributed by atoms with Crippen LogP contribution in [0.3, 0.4) is 0 Å². The number of nitrogens with zero attached hydrogens (tertiary/aromatic N) is 1. The zero-order valence-electron chi connectivity index (χ0n) is 10.3. The molecule has 5 nitrogen and oxygen atoms in total. The molecule has 18 heavy (non-hydrogen) atoms. The third-order valence-electron chi connectivity index (χ3n) is 2.43. The molecule has 0 aliphatic carbocycles. The molecule has 2 atom stereocenters. The number of halogens is 1. The summed E-state index contributed by atoms with van der Waals surface area (Å²) in [4.78, 5) is 11.3. The van der Waals surface area contributed by atoms with E-state index in [1.807, 2.05) is 0 Å². The zero-order valence-corrected chi connectivity index (χ0v) is 12.9. The van der Waals surface area contributed by atoms with Gasteiger partial charge in [-0.25, -0.2) is 4.67 Å². The highest BCUT2D eigenvalue weighted by Gasteiger charge is 2.23. The van der Waals surface area contributed by atoms with Crippen molar-refractivity contribution in [1.82, 2.24) is 4.67 Å². The number of likely N-dealkylation sites (N-methyl/N-ethyl adjacent to an activating group) is 1. The van der Waals surface area contributed by atoms with Crippen molar-refractivity contribution in [2.45, 2.75) is 13.0 Å². The average molecular weight is 336 g/mol. The van der Waals surface area contributed by atoms with Crippen molar-refractivity contribution in [2.75, 3.05) is 14.2 Å². The quantitative estimate of drug-likeness (QED) is 0.611. The second-order valence-electron chi connectivity index (χ2n) is 3.63. The van der Waals surface area contributed by atoms with E-state index in [0.29, 0.717) is 5.75 Å². The Bertz CT molecular complexity index is 437. The number of carbonyl (C=O) groups excluding carboxylic acids is 1. The van der Waals surface area contributed by atoms with E-state index in [-0.39, 0.29) is 0 Å². The van der Waals surface area contributed by atoms with Crippen LogP contribution in [0.1, 0.15) is 6.92 Å². The molecule has 0 aliphatic heterocycles. The number of benzene rings is 1. The summed E-state index contributed by atoms with van der Waals surface area (Å²) < 4.78 is 24.1. The number of methoxy groups -OCH3 is 1. The smallest absolute Gasteiger partial charge is 0.323 e. The fraction of sp³-hybridized carbons (Fsp3) is 0.364. The van der Waals surface area contributed by atoms with Crippen molar-refractivity contribution in [1.29, 1.82) is 0 Å². The van der Waals surface area contributed by atoms with Crippen LogP contribution < -0.4 is 4.52 Å². The molecule has 0 bridgehead atoms. The molecule has 1 rings (SSSR count). The molecule has 0 saturated carbocycles. The minimum atomic E-state index is -2.52. The number of esters is 1. The molecule has 0 aliphatic rings. The molecule has 0 saturated heterocycles. The van der Waals surface area contributed by atoms with Crippen molar-refractivity contribution in [2.24, 2.45) is 0 Å². The van der Waals surface area contributed by atoms with E-state index < -0.39 is 20.2 Å². The Balaban J connectivity index is 2.65. The summed E-state index contributed by atoms with van der Waals surface area (Å²) in [7, 11) is 0.330. The normalized spacial score (nSPS) is 14.1. The molecule has 7 heteroatoms. The summed E-state index contributed by atoms with van der Waals surface area (Å²) in [6.45, 7) is 1.61. The Morgan fingerprint density at radius 1 is 1.39 bits per heavy atom. The fourth-order valence-electron chi connectivity index (χ4n) is 1.16. The van der Waals surface area contributed by atoms with Gasteiger partial charge in [0.05, 0.1) is 7.11 Å². The first-order valence-corrected chi connectivity index (χ1v) is 7.29. The molecule has 0 aromatic heterocycles. The topological polar surface area (TPSA) is 55.8 Å². The van der Waals surface area contributed by atoms with E-state index in [0.717, 1.165) is 4.47 Å². The van der Waals surface area contributed by atoms with Crippen molar-refractivity contribution in [3.05, 3.63) is 28.7 Å². The van der Waals surface area contributed by atoms with Crippen molar-refractivity contribution in [3.8, 4) is 5.75 Å². The van der Waals surface area contributed by atoms with Gasteiger partial charge in [-0.3, -0.25) is 9.36 Å². The maximum atomic E-state index is 11.9. The highest BCUT2D eigenvalue weighted by molar-refractivity contribution is 9.10. The standard InChI is InChI=1S/C11H15BrNO4P/c1-8(11(14)16-3)13(2)18(15)17-10-6-4-9(12)5-7-10/h4-8,18H,1-3H3/t8-/m0/s1. The van der Waals surface area contributed by atoms with E-state index >= 15 is 0 Å². The minimum Gasteiger partial charge on any atom is -0.468 e. The average Bonchev–Trinajstić information content (AvgIpc) is 2.38. The monoisotopic (exact) mass is 335 g/mol. The van der Waals surface area contributed by atoms with Gasteiger partial charge in [0, 0.05) is 4.47 Å². The summed E-state index contributed by atoms with van der Waals surface area (Å²) in [5, 5.41) is 0. The first kappa shape index (κ1) is 15.2. The number of hydrogen-bond acceptors (Lipinski definition) is 4. The molecule has 1 unspecified atom stereocenters. The Morgan fingerprint density at radius 2 is 1.94 bits per heavy atom. The van der Waals surface area contributed by atoms with Gasteiger partial charge >= 0.3 is 14.1 Å². The van der Waals surface area contributed by atoms with Gasteiger partial charge in [0.15, 0.2) is 0 Å². The second kappa shape index (κ2) is 6.92. The van der Waals surface area contributed by atoms with Crippen LogP contribution in [0.5, 0.6) is 5.75 Å². The highest BCUT2D eigenvalue weighted by Crippen LogP contribution is 2.32. The van der Waals surface area contributed by atoms with Gasteiger partial charge in [-0.2, -0.15) is 0 Å². The summed E-state index contributed by atoms with van der Waals surface area (Å²) in [6.07, 6.45) is 0. The summed E-state index contributed by atoms with van der Waals surface area (Å²) >= 11 is 3.30. The summed E-state index contributed by atoms with van der Waals surface area (Å²) in [5.41, 5.74) is 0. The molecular formula is C11H15BrNO4P. The van der Waals surface area contributed by atoms with Crippen molar-refractivity contribution < 1.29 is 18.6 Å². The van der Waals surface area contributed by atoms with E-state index in [9.17, 15) is 9.36 Å². The lowest BCUT2D eigenvalue weighted by Crippen LogP contribution is -2.32. The zero-order chi connectivity index (χ0) is 13.7. The lowest BCUT2D eigenvalue weighted by molar-refractivity contribution is -0.144. The number of ether oxygens (including phenoxy) is 1. The molecule has 1 aromatic rings. The van der Waals surface area contributed by atoms with Crippen LogP contribution in [0.25, 0.3) is 0 Å². The molecule has 0 radical (unpaired) electrons. The van der Waals surface area contributed by atoms with Crippen molar-refractivity contribution >= 4 is 30.1 Å². The lowest BCUT2D eigenvalue weighted by atomic mass is 10.3. The van der Waals surface area contributed by atoms with Gasteiger partial charge in [0.25, 0.3) is 0 Å². The third-order valence-corrected chi connectivity index (χ3v) is 4.33. The van der Waals surface area contributed by atoms with Gasteiger partial charge in [0.2, 0.25) is 0 Å². The first-order chi connectivity index (χ1) is 8.45. The largest absolute Gasteiger partial charge is 0.468 e. The SMILES string of the molecule is COC(=O)[C@H](C)N(C)[PH](=O)Oc1ccc(Br)cc1. The Labute approximate surface area is 115 Å². The van der Waals surface area contributed by atoms with Gasteiger partial charge < -0.3 is 9.26 Å². The van der Waals surface area contributed by atoms with Crippen LogP contribution in [0.15, 0.2) is 28.7 Å². The van der Waals surface area contributed by atoms with Gasteiger partial charge in [-0.1, -0.05) is 15.9 Å². The molecule has 0 spiro atoms. The number of carbonyl (C=O) groups is 1. The molecule has 0 amide bonds. The molecule has 0 heterocycles. The molecule has 100 valence electrons. The third kappa shape index (κ3) is 4.12. The maximum absolute atomic E-state index is 11.9. The van der Waals surface area contributed by atoms with E-state index in [1.54, 1.807) is 38.2 Å². The Hall–Kier alpha value is -0.840. The number of hydrogen-bond donors (Lipinski definition) is 0. The van der Waals surface area contributed by atoms with E-state index in [1.165, 1.54) is 11.8 Å². The first-order valence-electron chi connectivity index (χ1n) is 5.23. The second-order valence-corrected chi connectivity index (χ2v) is 5.99. The Morgan fingerprint density at radius 3 is 2.44 bits per heavy atom. The van der Waals surface area contributed by atoms with Gasteiger partial charge in [-0.05, 0) is 38.2 Å². The maximum Gasteiger partial charge on any atom is 0.323 e. The van der Waals surface area contributed by atoms with Crippen LogP contribution in [-0.4, -0.2) is 30.8 Å². The van der Waals surface area contributed by atoms with Gasteiger partial charge in [0.1, 0.15) is 11.8 Å². The predicted molar refractivity (Wildman–Crippen MR) is 73.0 cm³/mol. The van der Waals surface area contributed by atoms with Crippen molar-refractivity contribution in [3.63, 3.8) is 0 Å². The number of rotatable bonds is 5. The fourth-order valence-corrected chi connectivity index (χ4v) is 2.33. The lowest BCUT2D eigenvalue weighted by Gasteiger charge is -2.21. The summed E-state index contributed by atoms with van der Waals surface area (Å²) in [6, 6.07) is 6.35. The van der Waals surface area contributed by atoms with E-state index in [4.69, 9.17) is 4.52 Å². The molecule has 1 aromatic carbocycles. The molecule has 0 N–H and O–H groups in total. The van der Waals surface area contributed by atoms with Crippen LogP contribution in [-0.2, 0) is 14.1 Å². The van der Waals surface area contributed by atoms with E-state index in [2.05, 4.69) is 20.7 Å². The minimum absolute atomic E-state index is 0.449.